The number of aromatic nitrogens is 6. The monoisotopic (exact) mass is 326 g/mol. The summed E-state index contributed by atoms with van der Waals surface area (Å²) < 4.78 is 6.96. The summed E-state index contributed by atoms with van der Waals surface area (Å²) in [6, 6.07) is 3.79. The van der Waals surface area contributed by atoms with Crippen molar-refractivity contribution >= 4 is 17.5 Å². The van der Waals surface area contributed by atoms with Crippen LogP contribution < -0.4 is 14.5 Å². The van der Waals surface area contributed by atoms with Crippen LogP contribution in [0.5, 0.6) is 5.88 Å². The Labute approximate surface area is 138 Å². The van der Waals surface area contributed by atoms with E-state index in [4.69, 9.17) is 4.74 Å². The zero-order valence-electron chi connectivity index (χ0n) is 13.6. The van der Waals surface area contributed by atoms with E-state index in [-0.39, 0.29) is 0 Å². The minimum absolute atomic E-state index is 0.580. The van der Waals surface area contributed by atoms with Gasteiger partial charge in [-0.25, -0.2) is 9.97 Å². The Hall–Kier alpha value is -2.97. The van der Waals surface area contributed by atoms with Crippen LogP contribution in [0.4, 0.5) is 11.8 Å². The van der Waals surface area contributed by atoms with Gasteiger partial charge in [-0.3, -0.25) is 0 Å². The molecule has 1 aliphatic heterocycles. The molecule has 9 heteroatoms. The van der Waals surface area contributed by atoms with Gasteiger partial charge in [0.05, 0.1) is 7.11 Å². The van der Waals surface area contributed by atoms with Gasteiger partial charge in [0.25, 0.3) is 5.78 Å². The minimum atomic E-state index is 0.580. The molecule has 4 heterocycles. The number of rotatable bonds is 3. The van der Waals surface area contributed by atoms with E-state index >= 15 is 0 Å². The molecule has 1 saturated heterocycles. The van der Waals surface area contributed by atoms with Crippen molar-refractivity contribution in [2.45, 2.75) is 6.92 Å². The number of piperazine rings is 1. The summed E-state index contributed by atoms with van der Waals surface area (Å²) in [7, 11) is 1.61. The van der Waals surface area contributed by atoms with Crippen molar-refractivity contribution in [3.63, 3.8) is 0 Å². The highest BCUT2D eigenvalue weighted by Gasteiger charge is 2.22. The molecule has 9 nitrogen and oxygen atoms in total. The summed E-state index contributed by atoms with van der Waals surface area (Å²) in [6.45, 7) is 5.31. The van der Waals surface area contributed by atoms with Gasteiger partial charge in [-0.05, 0) is 6.92 Å². The highest BCUT2D eigenvalue weighted by molar-refractivity contribution is 5.49. The summed E-state index contributed by atoms with van der Waals surface area (Å²) in [4.78, 5) is 21.8. The molecule has 0 aromatic carbocycles. The van der Waals surface area contributed by atoms with Crippen molar-refractivity contribution < 1.29 is 4.74 Å². The largest absolute Gasteiger partial charge is 0.481 e. The third-order valence-corrected chi connectivity index (χ3v) is 4.07. The van der Waals surface area contributed by atoms with E-state index in [0.717, 1.165) is 37.7 Å². The van der Waals surface area contributed by atoms with Crippen LogP contribution in [0, 0.1) is 6.92 Å². The van der Waals surface area contributed by atoms with E-state index < -0.39 is 0 Å². The van der Waals surface area contributed by atoms with E-state index in [2.05, 4.69) is 34.8 Å². The summed E-state index contributed by atoms with van der Waals surface area (Å²) in [6.07, 6.45) is 3.25. The second kappa shape index (κ2) is 5.91. The van der Waals surface area contributed by atoms with Crippen LogP contribution in [0.15, 0.2) is 24.7 Å². The maximum absolute atomic E-state index is 5.17. The third kappa shape index (κ3) is 2.57. The van der Waals surface area contributed by atoms with E-state index in [1.165, 1.54) is 6.33 Å². The highest BCUT2D eigenvalue weighted by atomic mass is 16.5. The number of hydrogen-bond acceptors (Lipinski definition) is 8. The van der Waals surface area contributed by atoms with Gasteiger partial charge >= 0.3 is 0 Å². The molecule has 3 aromatic rings. The van der Waals surface area contributed by atoms with Crippen LogP contribution in [0.25, 0.3) is 5.78 Å². The average Bonchev–Trinajstić information content (AvgIpc) is 3.09. The Morgan fingerprint density at radius 3 is 2.62 bits per heavy atom. The molecular weight excluding hydrogens is 308 g/mol. The van der Waals surface area contributed by atoms with Crippen LogP contribution in [0.1, 0.15) is 5.69 Å². The molecule has 24 heavy (non-hydrogen) atoms. The number of methoxy groups -OCH3 is 1. The molecule has 1 aliphatic rings. The first kappa shape index (κ1) is 14.6. The molecule has 0 radical (unpaired) electrons. The van der Waals surface area contributed by atoms with Gasteiger partial charge < -0.3 is 14.5 Å². The molecule has 4 rings (SSSR count). The molecule has 0 atom stereocenters. The Balaban J connectivity index is 1.54. The van der Waals surface area contributed by atoms with E-state index in [9.17, 15) is 0 Å². The number of aryl methyl sites for hydroxylation is 1. The van der Waals surface area contributed by atoms with Gasteiger partial charge in [-0.15, -0.1) is 0 Å². The van der Waals surface area contributed by atoms with Gasteiger partial charge in [-0.2, -0.15) is 19.6 Å². The third-order valence-electron chi connectivity index (χ3n) is 4.07. The Kier molecular flexibility index (Phi) is 3.60. The fourth-order valence-electron chi connectivity index (χ4n) is 2.87. The standard InChI is InChI=1S/C15H18N8O/c1-11-9-13(23-15(19-11)17-10-18-23)21-5-7-22(8-6-21)14-16-4-3-12(20-14)24-2/h3-4,9-10H,5-8H2,1-2H3. The SMILES string of the molecule is COc1ccnc(N2CCN(c3cc(C)nc4ncnn34)CC2)n1. The van der Waals surface area contributed by atoms with Crippen molar-refractivity contribution in [1.29, 1.82) is 0 Å². The molecule has 0 N–H and O–H groups in total. The fourth-order valence-corrected chi connectivity index (χ4v) is 2.87. The highest BCUT2D eigenvalue weighted by Crippen LogP contribution is 2.20. The van der Waals surface area contributed by atoms with Crippen molar-refractivity contribution in [2.75, 3.05) is 43.1 Å². The average molecular weight is 326 g/mol. The lowest BCUT2D eigenvalue weighted by Gasteiger charge is -2.35. The normalized spacial score (nSPS) is 15.1. The zero-order chi connectivity index (χ0) is 16.5. The second-order valence-electron chi connectivity index (χ2n) is 5.60. The van der Waals surface area contributed by atoms with Gasteiger partial charge in [0.15, 0.2) is 0 Å². The number of anilines is 2. The van der Waals surface area contributed by atoms with Crippen molar-refractivity contribution in [3.8, 4) is 5.88 Å². The van der Waals surface area contributed by atoms with Crippen LogP contribution >= 0.6 is 0 Å². The van der Waals surface area contributed by atoms with Gasteiger partial charge in [-0.1, -0.05) is 0 Å². The first-order valence-corrected chi connectivity index (χ1v) is 7.79. The molecule has 0 saturated carbocycles. The van der Waals surface area contributed by atoms with E-state index in [0.29, 0.717) is 17.6 Å². The Morgan fingerprint density at radius 2 is 1.83 bits per heavy atom. The number of fused-ring (bicyclic) bond motifs is 1. The number of ether oxygens (including phenoxy) is 1. The maximum atomic E-state index is 5.17. The Bertz CT molecular complexity index is 856. The topological polar surface area (TPSA) is 84.6 Å². The zero-order valence-corrected chi connectivity index (χ0v) is 13.6. The molecular formula is C15H18N8O. The number of nitrogens with zero attached hydrogens (tertiary/aromatic N) is 8. The minimum Gasteiger partial charge on any atom is -0.481 e. The lowest BCUT2D eigenvalue weighted by Crippen LogP contribution is -2.47. The van der Waals surface area contributed by atoms with Crippen LogP contribution in [-0.2, 0) is 0 Å². The lowest BCUT2D eigenvalue weighted by atomic mass is 10.3. The van der Waals surface area contributed by atoms with Crippen LogP contribution in [0.3, 0.4) is 0 Å². The van der Waals surface area contributed by atoms with Gasteiger partial charge in [0.2, 0.25) is 11.8 Å². The van der Waals surface area contributed by atoms with Crippen molar-refractivity contribution in [1.82, 2.24) is 29.5 Å². The Morgan fingerprint density at radius 1 is 1.04 bits per heavy atom. The summed E-state index contributed by atoms with van der Waals surface area (Å²) >= 11 is 0. The lowest BCUT2D eigenvalue weighted by molar-refractivity contribution is 0.396. The summed E-state index contributed by atoms with van der Waals surface area (Å²) in [5.74, 6) is 2.92. The van der Waals surface area contributed by atoms with Crippen molar-refractivity contribution in [2.24, 2.45) is 0 Å². The van der Waals surface area contributed by atoms with Gasteiger partial charge in [0.1, 0.15) is 12.1 Å². The molecule has 1 fully saturated rings. The molecule has 0 spiro atoms. The summed E-state index contributed by atoms with van der Waals surface area (Å²) in [5, 5.41) is 4.28. The van der Waals surface area contributed by atoms with Crippen LogP contribution in [-0.4, -0.2) is 62.8 Å². The maximum Gasteiger partial charge on any atom is 0.254 e. The van der Waals surface area contributed by atoms with E-state index in [1.54, 1.807) is 23.9 Å². The quantitative estimate of drug-likeness (QED) is 0.690. The summed E-state index contributed by atoms with van der Waals surface area (Å²) in [5.41, 5.74) is 0.934. The molecule has 0 bridgehead atoms. The van der Waals surface area contributed by atoms with E-state index in [1.807, 2.05) is 13.0 Å². The first-order chi connectivity index (χ1) is 11.7. The predicted molar refractivity (Wildman–Crippen MR) is 88.5 cm³/mol. The van der Waals surface area contributed by atoms with Gasteiger partial charge in [0, 0.05) is 50.2 Å². The fraction of sp³-hybridized carbons (Fsp3) is 0.400. The smallest absolute Gasteiger partial charge is 0.254 e. The second-order valence-corrected chi connectivity index (χ2v) is 5.60. The molecule has 0 amide bonds. The first-order valence-electron chi connectivity index (χ1n) is 7.79. The molecule has 124 valence electrons. The van der Waals surface area contributed by atoms with Crippen LogP contribution in [0.2, 0.25) is 0 Å². The molecule has 0 unspecified atom stereocenters. The predicted octanol–water partition coefficient (Wildman–Crippen LogP) is 0.558. The molecule has 3 aromatic heterocycles. The molecule has 0 aliphatic carbocycles. The number of hydrogen-bond donors (Lipinski definition) is 0. The van der Waals surface area contributed by atoms with Crippen molar-refractivity contribution in [3.05, 3.63) is 30.4 Å².